The van der Waals surface area contributed by atoms with Gasteiger partial charge in [0.1, 0.15) is 5.75 Å². The van der Waals surface area contributed by atoms with Crippen LogP contribution in [0.15, 0.2) is 24.3 Å². The molecule has 0 aliphatic heterocycles. The van der Waals surface area contributed by atoms with E-state index in [0.29, 0.717) is 23.9 Å². The maximum atomic E-state index is 11.4. The Balaban J connectivity index is 2.22. The summed E-state index contributed by atoms with van der Waals surface area (Å²) < 4.78 is 9.97. The predicted molar refractivity (Wildman–Crippen MR) is 75.2 cm³/mol. The van der Waals surface area contributed by atoms with Crippen molar-refractivity contribution in [2.75, 3.05) is 25.5 Å². The fourth-order valence-electron chi connectivity index (χ4n) is 1.30. The highest BCUT2D eigenvalue weighted by Crippen LogP contribution is 2.14. The van der Waals surface area contributed by atoms with Gasteiger partial charge in [0.25, 0.3) is 5.91 Å². The Morgan fingerprint density at radius 3 is 2.70 bits per heavy atom. The van der Waals surface area contributed by atoms with Gasteiger partial charge in [-0.15, -0.1) is 0 Å². The summed E-state index contributed by atoms with van der Waals surface area (Å²) in [5, 5.41) is 2.65. The number of ether oxygens (including phenoxy) is 2. The number of nitrogens with two attached hydrogens (primary N) is 1. The standard InChI is InChI=1S/C14H20N2O4/c1-10(2)7-16-13(17)8-20-14(18)9-19-12-5-3-4-11(15)6-12/h3-6,10H,7-9,15H2,1-2H3,(H,16,17). The minimum atomic E-state index is -0.605. The van der Waals surface area contributed by atoms with Crippen LogP contribution in [0.1, 0.15) is 13.8 Å². The normalized spacial score (nSPS) is 10.2. The SMILES string of the molecule is CC(C)CNC(=O)COC(=O)COc1cccc(N)c1. The number of carbonyl (C=O) groups is 2. The second-order valence-corrected chi connectivity index (χ2v) is 4.72. The minimum absolute atomic E-state index is 0.263. The quantitative estimate of drug-likeness (QED) is 0.573. The molecule has 0 radical (unpaired) electrons. The molecule has 3 N–H and O–H groups in total. The number of anilines is 1. The molecule has 1 aromatic rings. The lowest BCUT2D eigenvalue weighted by molar-refractivity contribution is -0.150. The third-order valence-electron chi connectivity index (χ3n) is 2.29. The van der Waals surface area contributed by atoms with E-state index in [1.54, 1.807) is 24.3 Å². The first-order chi connectivity index (χ1) is 9.47. The zero-order valence-electron chi connectivity index (χ0n) is 11.7. The van der Waals surface area contributed by atoms with Gasteiger partial charge in [0.15, 0.2) is 13.2 Å². The molecule has 0 heterocycles. The van der Waals surface area contributed by atoms with E-state index < -0.39 is 5.97 Å². The van der Waals surface area contributed by atoms with E-state index in [4.69, 9.17) is 15.2 Å². The Labute approximate surface area is 118 Å². The van der Waals surface area contributed by atoms with E-state index in [1.807, 2.05) is 13.8 Å². The van der Waals surface area contributed by atoms with E-state index in [1.165, 1.54) is 0 Å². The molecule has 6 heteroatoms. The molecule has 20 heavy (non-hydrogen) atoms. The third-order valence-corrected chi connectivity index (χ3v) is 2.29. The van der Waals surface area contributed by atoms with Crippen LogP contribution in [0.2, 0.25) is 0 Å². The number of hydrogen-bond donors (Lipinski definition) is 2. The van der Waals surface area contributed by atoms with Crippen molar-refractivity contribution < 1.29 is 19.1 Å². The summed E-state index contributed by atoms with van der Waals surface area (Å²) in [5.74, 6) is -0.101. The van der Waals surface area contributed by atoms with Crippen LogP contribution in [0.25, 0.3) is 0 Å². The number of esters is 1. The van der Waals surface area contributed by atoms with Crippen molar-refractivity contribution in [3.63, 3.8) is 0 Å². The molecule has 1 aromatic carbocycles. The number of nitrogens with one attached hydrogen (secondary N) is 1. The summed E-state index contributed by atoms with van der Waals surface area (Å²) in [6.07, 6.45) is 0. The third kappa shape index (κ3) is 6.63. The zero-order chi connectivity index (χ0) is 15.0. The van der Waals surface area contributed by atoms with Crippen molar-refractivity contribution in [1.82, 2.24) is 5.32 Å². The first-order valence-electron chi connectivity index (χ1n) is 6.38. The molecule has 6 nitrogen and oxygen atoms in total. The Bertz CT molecular complexity index is 460. The summed E-state index contributed by atoms with van der Waals surface area (Å²) in [5.41, 5.74) is 6.12. The fourth-order valence-corrected chi connectivity index (χ4v) is 1.30. The van der Waals surface area contributed by atoms with Gasteiger partial charge in [-0.25, -0.2) is 4.79 Å². The Morgan fingerprint density at radius 2 is 2.05 bits per heavy atom. The van der Waals surface area contributed by atoms with E-state index in [2.05, 4.69) is 5.32 Å². The lowest BCUT2D eigenvalue weighted by atomic mass is 10.2. The summed E-state index contributed by atoms with van der Waals surface area (Å²) in [6.45, 7) is 3.94. The second kappa shape index (κ2) is 8.04. The molecule has 0 saturated carbocycles. The van der Waals surface area contributed by atoms with Crippen molar-refractivity contribution in [1.29, 1.82) is 0 Å². The molecule has 0 aliphatic carbocycles. The van der Waals surface area contributed by atoms with Crippen molar-refractivity contribution in [3.8, 4) is 5.75 Å². The van der Waals surface area contributed by atoms with E-state index in [0.717, 1.165) is 0 Å². The molecule has 0 fully saturated rings. The van der Waals surface area contributed by atoms with Crippen LogP contribution in [-0.2, 0) is 14.3 Å². The molecule has 0 unspecified atom stereocenters. The van der Waals surface area contributed by atoms with Gasteiger partial charge in [-0.05, 0) is 18.1 Å². The van der Waals surface area contributed by atoms with Gasteiger partial charge in [-0.2, -0.15) is 0 Å². The Hall–Kier alpha value is -2.24. The van der Waals surface area contributed by atoms with Crippen LogP contribution in [0.4, 0.5) is 5.69 Å². The van der Waals surface area contributed by atoms with Gasteiger partial charge in [-0.1, -0.05) is 19.9 Å². The Morgan fingerprint density at radius 1 is 1.30 bits per heavy atom. The molecule has 0 spiro atoms. The lowest BCUT2D eigenvalue weighted by Crippen LogP contribution is -2.32. The summed E-state index contributed by atoms with van der Waals surface area (Å²) in [7, 11) is 0. The number of rotatable bonds is 7. The number of hydrogen-bond acceptors (Lipinski definition) is 5. The van der Waals surface area contributed by atoms with E-state index in [9.17, 15) is 9.59 Å². The van der Waals surface area contributed by atoms with Crippen LogP contribution in [0.5, 0.6) is 5.75 Å². The van der Waals surface area contributed by atoms with Crippen LogP contribution in [0, 0.1) is 5.92 Å². The van der Waals surface area contributed by atoms with Gasteiger partial charge in [-0.3, -0.25) is 4.79 Å². The molecule has 0 saturated heterocycles. The van der Waals surface area contributed by atoms with Crippen molar-refractivity contribution in [3.05, 3.63) is 24.3 Å². The minimum Gasteiger partial charge on any atom is -0.482 e. The van der Waals surface area contributed by atoms with Gasteiger partial charge >= 0.3 is 5.97 Å². The number of amides is 1. The van der Waals surface area contributed by atoms with Crippen molar-refractivity contribution in [2.24, 2.45) is 5.92 Å². The largest absolute Gasteiger partial charge is 0.482 e. The highest BCUT2D eigenvalue weighted by atomic mass is 16.6. The average Bonchev–Trinajstić information content (AvgIpc) is 2.40. The highest BCUT2D eigenvalue weighted by molar-refractivity contribution is 5.80. The van der Waals surface area contributed by atoms with E-state index >= 15 is 0 Å². The first-order valence-corrected chi connectivity index (χ1v) is 6.38. The average molecular weight is 280 g/mol. The molecule has 1 rings (SSSR count). The molecule has 0 atom stereocenters. The lowest BCUT2D eigenvalue weighted by Gasteiger charge is -2.09. The van der Waals surface area contributed by atoms with Gasteiger partial charge in [0.2, 0.25) is 0 Å². The monoisotopic (exact) mass is 280 g/mol. The predicted octanol–water partition coefficient (Wildman–Crippen LogP) is 0.963. The molecular weight excluding hydrogens is 260 g/mol. The fraction of sp³-hybridized carbons (Fsp3) is 0.429. The number of nitrogen functional groups attached to an aromatic ring is 1. The van der Waals surface area contributed by atoms with Gasteiger partial charge in [0, 0.05) is 18.3 Å². The summed E-state index contributed by atoms with van der Waals surface area (Å²) in [4.78, 5) is 22.7. The van der Waals surface area contributed by atoms with Crippen LogP contribution < -0.4 is 15.8 Å². The molecular formula is C14H20N2O4. The maximum Gasteiger partial charge on any atom is 0.344 e. The van der Waals surface area contributed by atoms with Crippen molar-refractivity contribution in [2.45, 2.75) is 13.8 Å². The molecule has 0 aliphatic rings. The number of carbonyl (C=O) groups excluding carboxylic acids is 2. The topological polar surface area (TPSA) is 90.6 Å². The van der Waals surface area contributed by atoms with Crippen LogP contribution in [-0.4, -0.2) is 31.6 Å². The highest BCUT2D eigenvalue weighted by Gasteiger charge is 2.08. The Kier molecular flexibility index (Phi) is 6.36. The number of benzene rings is 1. The van der Waals surface area contributed by atoms with Crippen LogP contribution >= 0.6 is 0 Å². The molecule has 1 amide bonds. The molecule has 0 aromatic heterocycles. The smallest absolute Gasteiger partial charge is 0.344 e. The van der Waals surface area contributed by atoms with Gasteiger partial charge in [0.05, 0.1) is 0 Å². The zero-order valence-corrected chi connectivity index (χ0v) is 11.7. The van der Waals surface area contributed by atoms with E-state index in [-0.39, 0.29) is 19.1 Å². The summed E-state index contributed by atoms with van der Waals surface area (Å²) in [6, 6.07) is 6.71. The van der Waals surface area contributed by atoms with Crippen LogP contribution in [0.3, 0.4) is 0 Å². The first kappa shape index (κ1) is 15.8. The molecule has 0 bridgehead atoms. The second-order valence-electron chi connectivity index (χ2n) is 4.72. The van der Waals surface area contributed by atoms with Crippen molar-refractivity contribution >= 4 is 17.6 Å². The summed E-state index contributed by atoms with van der Waals surface area (Å²) >= 11 is 0. The molecule has 110 valence electrons. The van der Waals surface area contributed by atoms with Gasteiger partial charge < -0.3 is 20.5 Å². The maximum absolute atomic E-state index is 11.4.